The zero-order valence-electron chi connectivity index (χ0n) is 18.6. The Bertz CT molecular complexity index is 992. The Balaban J connectivity index is 0.000000221. The van der Waals surface area contributed by atoms with E-state index in [9.17, 15) is 14.7 Å². The lowest BCUT2D eigenvalue weighted by Crippen LogP contribution is -2.70. The second kappa shape index (κ2) is 7.52. The van der Waals surface area contributed by atoms with Crippen molar-refractivity contribution in [3.8, 4) is 11.5 Å². The number of likely N-dealkylation sites (N-methyl/N-ethyl adjacent to an activating group) is 1. The molecule has 2 aliphatic heterocycles. The lowest BCUT2D eigenvalue weighted by Gasteiger charge is -2.60. The molecule has 6 nitrogen and oxygen atoms in total. The van der Waals surface area contributed by atoms with Gasteiger partial charge in [0.25, 0.3) is 0 Å². The van der Waals surface area contributed by atoms with Crippen molar-refractivity contribution in [1.82, 2.24) is 4.90 Å². The average molecular weight is 426 g/mol. The molecule has 31 heavy (non-hydrogen) atoms. The van der Waals surface area contributed by atoms with Gasteiger partial charge in [-0.05, 0) is 71.2 Å². The molecule has 0 unspecified atom stereocenters. The Labute approximate surface area is 183 Å². The Morgan fingerprint density at radius 3 is 2.74 bits per heavy atom. The molecule has 2 aliphatic carbocycles. The van der Waals surface area contributed by atoms with Gasteiger partial charge >= 0.3 is 5.97 Å². The number of piperidine rings is 1. The second-order valence-corrected chi connectivity index (χ2v) is 9.57. The molecule has 0 aromatic heterocycles. The number of carbonyl (C=O) groups excluding carboxylic acids is 1. The smallest absolute Gasteiger partial charge is 0.328 e. The number of ketones is 1. The third kappa shape index (κ3) is 3.11. The van der Waals surface area contributed by atoms with Crippen LogP contribution >= 0.6 is 0 Å². The highest BCUT2D eigenvalue weighted by Crippen LogP contribution is 2.66. The second-order valence-electron chi connectivity index (χ2n) is 9.57. The number of allylic oxidation sites excluding steroid dienone is 3. The normalized spacial score (nSPS) is 32.6. The summed E-state index contributed by atoms with van der Waals surface area (Å²) in [6.45, 7) is 6.78. The highest BCUT2D eigenvalue weighted by atomic mass is 16.5. The fourth-order valence-electron chi connectivity index (χ4n) is 6.27. The highest BCUT2D eigenvalue weighted by Gasteiger charge is 2.71. The maximum atomic E-state index is 12.8. The maximum Gasteiger partial charge on any atom is 0.328 e. The van der Waals surface area contributed by atoms with Crippen molar-refractivity contribution in [3.63, 3.8) is 0 Å². The zero-order valence-corrected chi connectivity index (χ0v) is 18.6. The molecule has 1 spiro atoms. The van der Waals surface area contributed by atoms with Crippen molar-refractivity contribution in [1.29, 1.82) is 0 Å². The Kier molecular flexibility index (Phi) is 5.24. The van der Waals surface area contributed by atoms with E-state index in [1.807, 2.05) is 26.8 Å². The van der Waals surface area contributed by atoms with Gasteiger partial charge in [0, 0.05) is 24.1 Å². The number of carbonyl (C=O) groups is 2. The molecular weight excluding hydrogens is 394 g/mol. The van der Waals surface area contributed by atoms with Gasteiger partial charge in [-0.3, -0.25) is 4.79 Å². The van der Waals surface area contributed by atoms with Crippen LogP contribution in [0.5, 0.6) is 11.5 Å². The van der Waals surface area contributed by atoms with Gasteiger partial charge in [0.1, 0.15) is 0 Å². The lowest BCUT2D eigenvalue weighted by molar-refractivity contribution is -0.153. The van der Waals surface area contributed by atoms with Gasteiger partial charge in [0.2, 0.25) is 0 Å². The van der Waals surface area contributed by atoms with Crippen LogP contribution in [0.15, 0.2) is 35.9 Å². The fraction of sp³-hybridized carbons (Fsp3) is 0.520. The summed E-state index contributed by atoms with van der Waals surface area (Å²) in [5, 5.41) is 18.4. The van der Waals surface area contributed by atoms with E-state index < -0.39 is 11.6 Å². The summed E-state index contributed by atoms with van der Waals surface area (Å²) in [5.74, 6) is 0.517. The van der Waals surface area contributed by atoms with Crippen molar-refractivity contribution in [2.45, 2.75) is 63.5 Å². The van der Waals surface area contributed by atoms with E-state index in [1.165, 1.54) is 11.6 Å². The lowest BCUT2D eigenvalue weighted by atomic mass is 9.47. The molecule has 2 N–H and O–H groups in total. The molecule has 1 aromatic rings. The first-order valence-corrected chi connectivity index (χ1v) is 10.9. The largest absolute Gasteiger partial charge is 0.504 e. The molecule has 0 amide bonds. The van der Waals surface area contributed by atoms with E-state index >= 15 is 0 Å². The molecule has 0 radical (unpaired) electrons. The van der Waals surface area contributed by atoms with E-state index in [-0.39, 0.29) is 16.9 Å². The number of phenols is 1. The number of phenolic OH excluding ortho intramolecular Hbond substituents is 1. The molecule has 1 saturated heterocycles. The summed E-state index contributed by atoms with van der Waals surface area (Å²) in [4.78, 5) is 25.1. The van der Waals surface area contributed by atoms with Gasteiger partial charge in [-0.1, -0.05) is 23.8 Å². The number of aromatic hydroxyl groups is 1. The van der Waals surface area contributed by atoms with Crippen LogP contribution < -0.4 is 4.74 Å². The van der Waals surface area contributed by atoms with Crippen molar-refractivity contribution in [2.75, 3.05) is 13.6 Å². The van der Waals surface area contributed by atoms with Crippen LogP contribution in [0.1, 0.15) is 51.2 Å². The SMILES string of the molecule is CC(C)=C/C=C/C(=O)O.CN1CC[C@]23c4c5ccc(O)c4O[C@@]2(C)C(=O)CC[C@H]3[C@H]1C5. The van der Waals surface area contributed by atoms with Gasteiger partial charge in [0.05, 0.1) is 5.41 Å². The number of carboxylic acids is 1. The first kappa shape index (κ1) is 21.6. The number of benzene rings is 1. The number of rotatable bonds is 2. The third-order valence-corrected chi connectivity index (χ3v) is 7.66. The monoisotopic (exact) mass is 425 g/mol. The fourth-order valence-corrected chi connectivity index (χ4v) is 6.27. The molecule has 4 atom stereocenters. The molecule has 1 saturated carbocycles. The zero-order chi connectivity index (χ0) is 22.6. The minimum Gasteiger partial charge on any atom is -0.504 e. The predicted molar refractivity (Wildman–Crippen MR) is 117 cm³/mol. The molecule has 5 rings (SSSR count). The van der Waals surface area contributed by atoms with E-state index in [2.05, 4.69) is 11.9 Å². The molecule has 1 aromatic carbocycles. The number of nitrogens with zero attached hydrogens (tertiary/aromatic N) is 1. The molecule has 2 fully saturated rings. The van der Waals surface area contributed by atoms with Crippen molar-refractivity contribution >= 4 is 11.8 Å². The van der Waals surface area contributed by atoms with Crippen LogP contribution in [0.4, 0.5) is 0 Å². The first-order chi connectivity index (χ1) is 14.6. The summed E-state index contributed by atoms with van der Waals surface area (Å²) in [7, 11) is 2.20. The van der Waals surface area contributed by atoms with Crippen LogP contribution in [-0.4, -0.2) is 52.1 Å². The Morgan fingerprint density at radius 1 is 1.32 bits per heavy atom. The van der Waals surface area contributed by atoms with Gasteiger partial charge < -0.3 is 19.8 Å². The van der Waals surface area contributed by atoms with Crippen molar-refractivity contribution in [3.05, 3.63) is 47.1 Å². The third-order valence-electron chi connectivity index (χ3n) is 7.66. The standard InChI is InChI=1S/C18H21NO3.C7H10O2/c1-17-14(21)6-4-11-12-9-10-3-5-13(20)16(22-17)15(10)18(11,17)7-8-19(12)2;1-6(2)4-3-5-7(8)9/h3,5,11-12,20H,4,6-9H2,1-2H3;3-5H,1-2H3,(H,8,9)/b;5-3+/t11-,12+,17-,18-;/m0./s1. The van der Waals surface area contributed by atoms with Crippen LogP contribution in [0.25, 0.3) is 0 Å². The van der Waals surface area contributed by atoms with Gasteiger partial charge in [0.15, 0.2) is 22.9 Å². The topological polar surface area (TPSA) is 87.1 Å². The van der Waals surface area contributed by atoms with Crippen LogP contribution in [0.2, 0.25) is 0 Å². The summed E-state index contributed by atoms with van der Waals surface area (Å²) in [6.07, 6.45) is 7.84. The van der Waals surface area contributed by atoms with Gasteiger partial charge in [-0.2, -0.15) is 0 Å². The summed E-state index contributed by atoms with van der Waals surface area (Å²) >= 11 is 0. The molecule has 2 bridgehead atoms. The number of Topliss-reactive ketones (excluding diaryl/α,β-unsaturated/α-hetero) is 1. The predicted octanol–water partition coefficient (Wildman–Crippen LogP) is 3.61. The molecule has 6 heteroatoms. The van der Waals surface area contributed by atoms with E-state index in [0.717, 1.165) is 43.0 Å². The minimum atomic E-state index is -0.910. The minimum absolute atomic E-state index is 0.188. The van der Waals surface area contributed by atoms with E-state index in [1.54, 1.807) is 12.1 Å². The van der Waals surface area contributed by atoms with E-state index in [4.69, 9.17) is 9.84 Å². The maximum absolute atomic E-state index is 12.8. The van der Waals surface area contributed by atoms with Gasteiger partial charge in [-0.25, -0.2) is 4.79 Å². The quantitative estimate of drug-likeness (QED) is 0.556. The Hall–Kier alpha value is -2.60. The number of carboxylic acid groups (broad SMARTS) is 1. The van der Waals surface area contributed by atoms with E-state index in [0.29, 0.717) is 24.1 Å². The van der Waals surface area contributed by atoms with Crippen LogP contribution in [-0.2, 0) is 21.4 Å². The molecule has 4 aliphatic rings. The molecule has 2 heterocycles. The summed E-state index contributed by atoms with van der Waals surface area (Å²) in [6, 6.07) is 4.24. The number of hydrogen-bond acceptors (Lipinski definition) is 5. The molecule has 166 valence electrons. The number of ether oxygens (including phenoxy) is 1. The van der Waals surface area contributed by atoms with Crippen molar-refractivity contribution < 1.29 is 24.5 Å². The summed E-state index contributed by atoms with van der Waals surface area (Å²) < 4.78 is 6.23. The number of likely N-dealkylation sites (tertiary alicyclic amines) is 1. The van der Waals surface area contributed by atoms with Gasteiger partial charge in [-0.15, -0.1) is 0 Å². The molecular formula is C25H31NO5. The van der Waals surface area contributed by atoms with Crippen LogP contribution in [0, 0.1) is 5.92 Å². The first-order valence-electron chi connectivity index (χ1n) is 10.9. The average Bonchev–Trinajstić information content (AvgIpc) is 2.98. The van der Waals surface area contributed by atoms with Crippen LogP contribution in [0.3, 0.4) is 0 Å². The van der Waals surface area contributed by atoms with Crippen molar-refractivity contribution in [2.24, 2.45) is 5.92 Å². The highest BCUT2D eigenvalue weighted by molar-refractivity contribution is 5.93. The summed E-state index contributed by atoms with van der Waals surface area (Å²) in [5.41, 5.74) is 2.47. The number of hydrogen-bond donors (Lipinski definition) is 2. The number of aliphatic carboxylic acids is 1. The Morgan fingerprint density at radius 2 is 2.06 bits per heavy atom.